The number of methoxy groups -OCH3 is 2. The van der Waals surface area contributed by atoms with Gasteiger partial charge in [-0.25, -0.2) is 4.79 Å². The quantitative estimate of drug-likeness (QED) is 0.127. The predicted molar refractivity (Wildman–Crippen MR) is 182 cm³/mol. The molecule has 0 saturated carbocycles. The lowest BCUT2D eigenvalue weighted by Crippen LogP contribution is -2.36. The van der Waals surface area contributed by atoms with Gasteiger partial charge >= 0.3 is 5.97 Å². The van der Waals surface area contributed by atoms with Crippen LogP contribution in [0.5, 0.6) is 23.0 Å². The van der Waals surface area contributed by atoms with Gasteiger partial charge in [-0.05, 0) is 72.4 Å². The summed E-state index contributed by atoms with van der Waals surface area (Å²) in [6, 6.07) is 32.7. The Hall–Kier alpha value is -5.50. The molecule has 0 spiro atoms. The van der Waals surface area contributed by atoms with Gasteiger partial charge in [0, 0.05) is 29.3 Å². The number of carbonyl (C=O) groups excluding carboxylic acids is 2. The van der Waals surface area contributed by atoms with Gasteiger partial charge in [0.25, 0.3) is 0 Å². The molecule has 0 radical (unpaired) electrons. The normalized spacial score (nSPS) is 17.3. The molecule has 1 aliphatic carbocycles. The minimum absolute atomic E-state index is 0.0330. The van der Waals surface area contributed by atoms with E-state index in [4.69, 9.17) is 23.7 Å². The maximum Gasteiger partial charge on any atom is 0.336 e. The molecule has 8 nitrogen and oxygen atoms in total. The second-order valence-electron chi connectivity index (χ2n) is 11.8. The number of ether oxygens (including phenoxy) is 5. The molecule has 8 heteroatoms. The predicted octanol–water partition coefficient (Wildman–Crippen LogP) is 7.27. The molecule has 0 fully saturated rings. The molecule has 1 N–H and O–H groups in total. The van der Waals surface area contributed by atoms with Crippen molar-refractivity contribution in [2.45, 2.75) is 38.2 Å². The van der Waals surface area contributed by atoms with E-state index in [0.717, 1.165) is 22.4 Å². The van der Waals surface area contributed by atoms with Gasteiger partial charge in [-0.3, -0.25) is 4.79 Å². The highest BCUT2D eigenvalue weighted by molar-refractivity contribution is 6.04. The lowest BCUT2D eigenvalue weighted by molar-refractivity contribution is -0.140. The molecule has 0 amide bonds. The molecule has 2 atom stereocenters. The van der Waals surface area contributed by atoms with E-state index in [0.29, 0.717) is 52.9 Å². The zero-order valence-electron chi connectivity index (χ0n) is 27.4. The van der Waals surface area contributed by atoms with E-state index in [9.17, 15) is 9.59 Å². The third-order valence-corrected chi connectivity index (χ3v) is 8.69. The number of hydrogen-bond donors (Lipinski definition) is 1. The standard InChI is InChI=1S/C40H39NO7/c1-26-37(40(43)47-20-19-46-31-14-8-5-9-15-31)38(29-13-10-16-32(21-29)48-25-27-11-6-4-7-12-27)39-33(41-26)22-30(23-34(39)42)28-17-18-35(44-2)36(24-28)45-3/h4-18,21,24,30,38,41H,19-20,22-23,25H2,1-3H3/t30-,38+/m0/s1. The van der Waals surface area contributed by atoms with Gasteiger partial charge in [0.1, 0.15) is 31.3 Å². The van der Waals surface area contributed by atoms with Crippen LogP contribution in [0, 0.1) is 0 Å². The van der Waals surface area contributed by atoms with Crippen LogP contribution in [-0.4, -0.2) is 39.2 Å². The maximum atomic E-state index is 14.2. The van der Waals surface area contributed by atoms with Crippen LogP contribution in [0.4, 0.5) is 0 Å². The van der Waals surface area contributed by atoms with E-state index < -0.39 is 11.9 Å². The number of esters is 1. The van der Waals surface area contributed by atoms with Crippen LogP contribution >= 0.6 is 0 Å². The molecule has 0 bridgehead atoms. The first-order valence-electron chi connectivity index (χ1n) is 16.0. The number of dihydropyridines is 1. The molecule has 1 aliphatic heterocycles. The van der Waals surface area contributed by atoms with Crippen LogP contribution in [-0.2, 0) is 20.9 Å². The maximum absolute atomic E-state index is 14.2. The van der Waals surface area contributed by atoms with Gasteiger partial charge in [0.15, 0.2) is 17.3 Å². The lowest BCUT2D eigenvalue weighted by atomic mass is 9.71. The summed E-state index contributed by atoms with van der Waals surface area (Å²) in [6.07, 6.45) is 0.866. The minimum atomic E-state index is -0.636. The summed E-state index contributed by atoms with van der Waals surface area (Å²) >= 11 is 0. The molecule has 0 aromatic heterocycles. The van der Waals surface area contributed by atoms with Crippen molar-refractivity contribution in [2.75, 3.05) is 27.4 Å². The molecule has 0 saturated heterocycles. The summed E-state index contributed by atoms with van der Waals surface area (Å²) in [5.41, 5.74) is 5.21. The fourth-order valence-electron chi connectivity index (χ4n) is 6.40. The van der Waals surface area contributed by atoms with Crippen molar-refractivity contribution in [1.29, 1.82) is 0 Å². The Morgan fingerprint density at radius 1 is 0.750 bits per heavy atom. The Labute approximate surface area is 280 Å². The second-order valence-corrected chi connectivity index (χ2v) is 11.8. The van der Waals surface area contributed by atoms with E-state index in [1.54, 1.807) is 14.2 Å². The van der Waals surface area contributed by atoms with Crippen LogP contribution in [0.15, 0.2) is 126 Å². The summed E-state index contributed by atoms with van der Waals surface area (Å²) < 4.78 is 28.6. The van der Waals surface area contributed by atoms with Gasteiger partial charge < -0.3 is 29.0 Å². The Bertz CT molecular complexity index is 1830. The smallest absolute Gasteiger partial charge is 0.336 e. The van der Waals surface area contributed by atoms with Gasteiger partial charge in [-0.15, -0.1) is 0 Å². The van der Waals surface area contributed by atoms with Crippen molar-refractivity contribution in [3.63, 3.8) is 0 Å². The number of nitrogens with one attached hydrogen (secondary N) is 1. The lowest BCUT2D eigenvalue weighted by Gasteiger charge is -2.37. The Morgan fingerprint density at radius 3 is 2.23 bits per heavy atom. The fraction of sp³-hybridized carbons (Fsp3) is 0.250. The van der Waals surface area contributed by atoms with Crippen LogP contribution < -0.4 is 24.3 Å². The zero-order valence-corrected chi connectivity index (χ0v) is 27.4. The summed E-state index contributed by atoms with van der Waals surface area (Å²) in [7, 11) is 3.20. The van der Waals surface area contributed by atoms with Crippen LogP contribution in [0.3, 0.4) is 0 Å². The summed E-state index contributed by atoms with van der Waals surface area (Å²) in [5.74, 6) is 1.33. The van der Waals surface area contributed by atoms with Crippen molar-refractivity contribution in [3.8, 4) is 23.0 Å². The number of Topliss-reactive ketones (excluding diaryl/α,β-unsaturated/α-hetero) is 1. The first-order valence-corrected chi connectivity index (χ1v) is 16.0. The van der Waals surface area contributed by atoms with Crippen molar-refractivity contribution in [2.24, 2.45) is 0 Å². The van der Waals surface area contributed by atoms with E-state index in [-0.39, 0.29) is 31.3 Å². The molecule has 2 aliphatic rings. The minimum Gasteiger partial charge on any atom is -0.493 e. The molecule has 246 valence electrons. The average molecular weight is 646 g/mol. The number of ketones is 1. The van der Waals surface area contributed by atoms with Crippen molar-refractivity contribution in [3.05, 3.63) is 142 Å². The molecule has 4 aromatic rings. The Morgan fingerprint density at radius 2 is 1.48 bits per heavy atom. The third kappa shape index (κ3) is 7.23. The number of allylic oxidation sites excluding steroid dienone is 3. The monoisotopic (exact) mass is 645 g/mol. The number of benzene rings is 4. The highest BCUT2D eigenvalue weighted by Gasteiger charge is 2.41. The molecule has 4 aromatic carbocycles. The number of hydrogen-bond acceptors (Lipinski definition) is 8. The molecular weight excluding hydrogens is 606 g/mol. The van der Waals surface area contributed by atoms with E-state index in [2.05, 4.69) is 5.32 Å². The molecular formula is C40H39NO7. The number of para-hydroxylation sites is 1. The molecule has 0 unspecified atom stereocenters. The van der Waals surface area contributed by atoms with Crippen LogP contribution in [0.2, 0.25) is 0 Å². The summed E-state index contributed by atoms with van der Waals surface area (Å²) in [6.45, 7) is 2.50. The number of rotatable bonds is 12. The van der Waals surface area contributed by atoms with E-state index >= 15 is 0 Å². The van der Waals surface area contributed by atoms with Crippen molar-refractivity contribution < 1.29 is 33.3 Å². The first-order chi connectivity index (χ1) is 23.4. The number of carbonyl (C=O) groups is 2. The Kier molecular flexibility index (Phi) is 10.1. The highest BCUT2D eigenvalue weighted by atomic mass is 16.6. The van der Waals surface area contributed by atoms with Gasteiger partial charge in [-0.1, -0.05) is 66.7 Å². The van der Waals surface area contributed by atoms with Crippen molar-refractivity contribution in [1.82, 2.24) is 5.32 Å². The average Bonchev–Trinajstić information content (AvgIpc) is 3.12. The largest absolute Gasteiger partial charge is 0.493 e. The first kappa shape index (κ1) is 32.4. The SMILES string of the molecule is COc1ccc([C@@H]2CC(=O)C3=C(C2)NC(C)=C(C(=O)OCCOc2ccccc2)[C@H]3c2cccc(OCc3ccccc3)c2)cc1OC. The van der Waals surface area contributed by atoms with Crippen LogP contribution in [0.25, 0.3) is 0 Å². The third-order valence-electron chi connectivity index (χ3n) is 8.69. The van der Waals surface area contributed by atoms with E-state index in [1.807, 2.05) is 110 Å². The molecule has 6 rings (SSSR count). The Balaban J connectivity index is 1.30. The van der Waals surface area contributed by atoms with Gasteiger partial charge in [0.05, 0.1) is 19.8 Å². The van der Waals surface area contributed by atoms with Gasteiger partial charge in [-0.2, -0.15) is 0 Å². The van der Waals surface area contributed by atoms with E-state index in [1.165, 1.54) is 0 Å². The summed E-state index contributed by atoms with van der Waals surface area (Å²) in [4.78, 5) is 28.0. The molecule has 1 heterocycles. The van der Waals surface area contributed by atoms with Crippen LogP contribution in [0.1, 0.15) is 48.3 Å². The van der Waals surface area contributed by atoms with Crippen molar-refractivity contribution >= 4 is 11.8 Å². The zero-order chi connectivity index (χ0) is 33.5. The molecule has 48 heavy (non-hydrogen) atoms. The topological polar surface area (TPSA) is 92.3 Å². The fourth-order valence-corrected chi connectivity index (χ4v) is 6.40. The van der Waals surface area contributed by atoms with Gasteiger partial charge in [0.2, 0.25) is 0 Å². The summed E-state index contributed by atoms with van der Waals surface area (Å²) in [5, 5.41) is 3.43. The second kappa shape index (κ2) is 14.9. The highest BCUT2D eigenvalue weighted by Crippen LogP contribution is 2.47.